The molecule has 3 rings (SSSR count). The third kappa shape index (κ3) is 6.46. The maximum atomic E-state index is 14.0. The fraction of sp³-hybridized carbons (Fsp3) is 0.524. The molecule has 1 fully saturated rings. The van der Waals surface area contributed by atoms with Crippen LogP contribution in [0.5, 0.6) is 0 Å². The van der Waals surface area contributed by atoms with Gasteiger partial charge in [0.15, 0.2) is 0 Å². The highest BCUT2D eigenvalue weighted by Gasteiger charge is 2.35. The van der Waals surface area contributed by atoms with Crippen molar-refractivity contribution in [2.75, 3.05) is 25.4 Å². The number of halogens is 7. The SMILES string of the molecule is C=C(CCN1CCC(C)(F)CC1)n1cc(-c2cnc(N)c(C(F)(F)F)c2)nc1CC(F)(F)F. The van der Waals surface area contributed by atoms with Crippen LogP contribution in [0.4, 0.5) is 36.6 Å². The summed E-state index contributed by atoms with van der Waals surface area (Å²) in [7, 11) is 0. The summed E-state index contributed by atoms with van der Waals surface area (Å²) in [6.45, 7) is 6.87. The molecule has 0 aromatic carbocycles. The summed E-state index contributed by atoms with van der Waals surface area (Å²) in [5.74, 6) is -1.14. The molecule has 0 spiro atoms. The standard InChI is InChI=1S/C21H24F7N5/c1-13(3-6-32-7-4-19(2,22)5-8-32)33-12-16(31-17(33)10-20(23,24)25)14-9-15(21(26,27)28)18(29)30-11-14/h9,11-12H,1,3-8,10H2,2H3,(H2,29,30). The van der Waals surface area contributed by atoms with Crippen molar-refractivity contribution in [1.29, 1.82) is 0 Å². The van der Waals surface area contributed by atoms with Crippen molar-refractivity contribution < 1.29 is 30.7 Å². The number of imidazole rings is 1. The molecular weight excluding hydrogens is 455 g/mol. The van der Waals surface area contributed by atoms with Gasteiger partial charge in [0.1, 0.15) is 23.7 Å². The maximum Gasteiger partial charge on any atom is 0.419 e. The molecule has 0 saturated carbocycles. The second-order valence-electron chi connectivity index (χ2n) is 8.43. The number of likely N-dealkylation sites (tertiary alicyclic amines) is 1. The number of aromatic nitrogens is 3. The van der Waals surface area contributed by atoms with Crippen LogP contribution in [-0.4, -0.2) is 50.9 Å². The first-order chi connectivity index (χ1) is 15.1. The minimum Gasteiger partial charge on any atom is -0.383 e. The number of piperidine rings is 1. The lowest BCUT2D eigenvalue weighted by atomic mass is 9.95. The van der Waals surface area contributed by atoms with Crippen LogP contribution in [0, 0.1) is 0 Å². The van der Waals surface area contributed by atoms with Crippen LogP contribution >= 0.6 is 0 Å². The zero-order valence-electron chi connectivity index (χ0n) is 17.9. The van der Waals surface area contributed by atoms with Crippen molar-refractivity contribution in [3.05, 3.63) is 36.4 Å². The Bertz CT molecular complexity index is 997. The Labute approximate surface area is 186 Å². The minimum atomic E-state index is -4.78. The molecule has 1 aliphatic rings. The summed E-state index contributed by atoms with van der Waals surface area (Å²) >= 11 is 0. The Morgan fingerprint density at radius 2 is 1.82 bits per heavy atom. The van der Waals surface area contributed by atoms with Crippen LogP contribution in [0.2, 0.25) is 0 Å². The summed E-state index contributed by atoms with van der Waals surface area (Å²) in [6.07, 6.45) is -7.51. The molecule has 0 radical (unpaired) electrons. The lowest BCUT2D eigenvalue weighted by Gasteiger charge is -2.34. The highest BCUT2D eigenvalue weighted by molar-refractivity contribution is 5.63. The quantitative estimate of drug-likeness (QED) is 0.569. The predicted molar refractivity (Wildman–Crippen MR) is 110 cm³/mol. The lowest BCUT2D eigenvalue weighted by molar-refractivity contribution is -0.137. The van der Waals surface area contributed by atoms with E-state index in [1.807, 2.05) is 4.90 Å². The maximum absolute atomic E-state index is 14.0. The summed E-state index contributed by atoms with van der Waals surface area (Å²) < 4.78 is 94.0. The Morgan fingerprint density at radius 1 is 1.18 bits per heavy atom. The Hall–Kier alpha value is -2.63. The fourth-order valence-corrected chi connectivity index (χ4v) is 3.63. The number of hydrogen-bond donors (Lipinski definition) is 1. The van der Waals surface area contributed by atoms with Crippen molar-refractivity contribution in [3.8, 4) is 11.3 Å². The van der Waals surface area contributed by atoms with Crippen LogP contribution in [0.1, 0.15) is 37.6 Å². The first-order valence-electron chi connectivity index (χ1n) is 10.2. The molecule has 2 N–H and O–H groups in total. The molecule has 1 saturated heterocycles. The first kappa shape index (κ1) is 25.0. The van der Waals surface area contributed by atoms with E-state index < -0.39 is 41.6 Å². The molecule has 0 amide bonds. The van der Waals surface area contributed by atoms with Crippen LogP contribution in [0.25, 0.3) is 17.0 Å². The molecule has 33 heavy (non-hydrogen) atoms. The highest BCUT2D eigenvalue weighted by atomic mass is 19.4. The molecule has 5 nitrogen and oxygen atoms in total. The normalized spacial score (nSPS) is 17.3. The summed E-state index contributed by atoms with van der Waals surface area (Å²) in [5.41, 5.74) is 2.93. The number of rotatable bonds is 6. The van der Waals surface area contributed by atoms with E-state index in [2.05, 4.69) is 16.5 Å². The summed E-state index contributed by atoms with van der Waals surface area (Å²) in [5, 5.41) is 0. The average Bonchev–Trinajstić information content (AvgIpc) is 3.08. The van der Waals surface area contributed by atoms with Crippen LogP contribution in [-0.2, 0) is 12.6 Å². The highest BCUT2D eigenvalue weighted by Crippen LogP contribution is 2.35. The number of pyridine rings is 1. The largest absolute Gasteiger partial charge is 0.419 e. The number of hydrogen-bond acceptors (Lipinski definition) is 4. The number of nitrogens with zero attached hydrogens (tertiary/aromatic N) is 4. The molecule has 0 unspecified atom stereocenters. The van der Waals surface area contributed by atoms with Gasteiger partial charge in [-0.3, -0.25) is 0 Å². The fourth-order valence-electron chi connectivity index (χ4n) is 3.63. The van der Waals surface area contributed by atoms with E-state index in [0.717, 1.165) is 10.8 Å². The predicted octanol–water partition coefficient (Wildman–Crippen LogP) is 5.34. The van der Waals surface area contributed by atoms with Gasteiger partial charge in [0, 0.05) is 49.7 Å². The molecule has 0 aliphatic carbocycles. The van der Waals surface area contributed by atoms with Crippen molar-refractivity contribution in [2.45, 2.75) is 50.6 Å². The second kappa shape index (κ2) is 8.96. The monoisotopic (exact) mass is 479 g/mol. The molecule has 12 heteroatoms. The van der Waals surface area contributed by atoms with Crippen LogP contribution in [0.3, 0.4) is 0 Å². The Kier molecular flexibility index (Phi) is 6.79. The number of nitrogen functional groups attached to an aromatic ring is 1. The molecule has 2 aromatic rings. The zero-order valence-corrected chi connectivity index (χ0v) is 17.9. The number of anilines is 1. The number of alkyl halides is 7. The van der Waals surface area contributed by atoms with E-state index in [4.69, 9.17) is 5.73 Å². The van der Waals surface area contributed by atoms with E-state index in [0.29, 0.717) is 44.2 Å². The van der Waals surface area contributed by atoms with Crippen molar-refractivity contribution in [2.24, 2.45) is 0 Å². The van der Waals surface area contributed by atoms with Gasteiger partial charge in [0.25, 0.3) is 0 Å². The molecule has 0 bridgehead atoms. The van der Waals surface area contributed by atoms with Gasteiger partial charge < -0.3 is 15.2 Å². The van der Waals surface area contributed by atoms with Gasteiger partial charge in [-0.05, 0) is 25.8 Å². The van der Waals surface area contributed by atoms with E-state index in [1.165, 1.54) is 13.1 Å². The summed E-state index contributed by atoms with van der Waals surface area (Å²) in [4.78, 5) is 9.43. The summed E-state index contributed by atoms with van der Waals surface area (Å²) in [6, 6.07) is 0.705. The average molecular weight is 479 g/mol. The van der Waals surface area contributed by atoms with Gasteiger partial charge in [-0.2, -0.15) is 26.3 Å². The molecular formula is C21H24F7N5. The molecule has 1 aliphatic heterocycles. The molecule has 0 atom stereocenters. The molecule has 3 heterocycles. The zero-order chi connectivity index (χ0) is 24.6. The van der Waals surface area contributed by atoms with E-state index >= 15 is 0 Å². The molecule has 182 valence electrons. The van der Waals surface area contributed by atoms with E-state index in [-0.39, 0.29) is 17.7 Å². The Morgan fingerprint density at radius 3 is 2.39 bits per heavy atom. The van der Waals surface area contributed by atoms with Gasteiger partial charge in [-0.15, -0.1) is 0 Å². The second-order valence-corrected chi connectivity index (χ2v) is 8.43. The van der Waals surface area contributed by atoms with Gasteiger partial charge >= 0.3 is 12.4 Å². The van der Waals surface area contributed by atoms with Crippen LogP contribution < -0.4 is 5.73 Å². The van der Waals surface area contributed by atoms with Gasteiger partial charge in [0.05, 0.1) is 11.3 Å². The van der Waals surface area contributed by atoms with Crippen molar-refractivity contribution in [3.63, 3.8) is 0 Å². The topological polar surface area (TPSA) is 60.0 Å². The van der Waals surface area contributed by atoms with E-state index in [9.17, 15) is 30.7 Å². The third-order valence-electron chi connectivity index (χ3n) is 5.61. The lowest BCUT2D eigenvalue weighted by Crippen LogP contribution is -2.40. The van der Waals surface area contributed by atoms with Crippen LogP contribution in [0.15, 0.2) is 25.0 Å². The Balaban J connectivity index is 1.85. The van der Waals surface area contributed by atoms with Crippen molar-refractivity contribution >= 4 is 11.5 Å². The third-order valence-corrected chi connectivity index (χ3v) is 5.61. The van der Waals surface area contributed by atoms with E-state index in [1.54, 1.807) is 0 Å². The van der Waals surface area contributed by atoms with Gasteiger partial charge in [-0.25, -0.2) is 14.4 Å². The van der Waals surface area contributed by atoms with Gasteiger partial charge in [0.2, 0.25) is 0 Å². The smallest absolute Gasteiger partial charge is 0.383 e. The number of nitrogens with two attached hydrogens (primary N) is 1. The first-order valence-corrected chi connectivity index (χ1v) is 10.2. The van der Waals surface area contributed by atoms with Gasteiger partial charge in [-0.1, -0.05) is 6.58 Å². The molecule has 2 aromatic heterocycles. The minimum absolute atomic E-state index is 0.112. The van der Waals surface area contributed by atoms with Crippen molar-refractivity contribution in [1.82, 2.24) is 19.4 Å².